The largest absolute Gasteiger partial charge is 0.616 e. The number of hydrogen-bond donors (Lipinski definition) is 0. The van der Waals surface area contributed by atoms with Crippen LogP contribution in [-0.4, -0.2) is 0 Å². The van der Waals surface area contributed by atoms with Gasteiger partial charge in [-0.05, 0) is 78.5 Å². The van der Waals surface area contributed by atoms with E-state index in [4.69, 9.17) is 0 Å². The first-order valence-corrected chi connectivity index (χ1v) is 17.9. The number of benzene rings is 8. The Morgan fingerprint density at radius 3 is 1.62 bits per heavy atom. The topological polar surface area (TPSA) is 23.1 Å². The number of rotatable bonds is 3. The van der Waals surface area contributed by atoms with Crippen molar-refractivity contribution in [3.8, 4) is 21.6 Å². The summed E-state index contributed by atoms with van der Waals surface area (Å²) in [5.41, 5.74) is 10.2. The van der Waals surface area contributed by atoms with Crippen LogP contribution >= 0.6 is 11.3 Å². The fourth-order valence-corrected chi connectivity index (χ4v) is 10.4. The lowest BCUT2D eigenvalue weighted by Crippen LogP contribution is -2.32. The summed E-state index contributed by atoms with van der Waals surface area (Å²) in [7, 11) is 0. The van der Waals surface area contributed by atoms with E-state index >= 15 is 5.21 Å². The van der Waals surface area contributed by atoms with Gasteiger partial charge in [0.15, 0.2) is 5.69 Å². The van der Waals surface area contributed by atoms with Gasteiger partial charge in [-0.25, -0.2) is 0 Å². The monoisotopic (exact) mass is 655 g/mol. The Hall–Kier alpha value is -5.84. The molecule has 0 saturated carbocycles. The lowest BCUT2D eigenvalue weighted by Gasteiger charge is -2.42. The zero-order valence-corrected chi connectivity index (χ0v) is 27.8. The van der Waals surface area contributed by atoms with Crippen LogP contribution in [-0.2, 0) is 5.41 Å². The molecule has 0 amide bonds. The molecule has 50 heavy (non-hydrogen) atoms. The van der Waals surface area contributed by atoms with Crippen molar-refractivity contribution in [1.82, 2.24) is 4.65 Å². The Kier molecular flexibility index (Phi) is 5.66. The van der Waals surface area contributed by atoms with Gasteiger partial charge >= 0.3 is 0 Å². The van der Waals surface area contributed by atoms with Crippen LogP contribution in [0.5, 0.6) is 0 Å². The number of fused-ring (bicyclic) bond motifs is 14. The number of hydrogen-bond acceptors (Lipinski definition) is 2. The summed E-state index contributed by atoms with van der Waals surface area (Å²) >= 11 is 1.82. The van der Waals surface area contributed by atoms with E-state index < -0.39 is 10.1 Å². The standard InChI is InChI=1S/C47H29NOS/c49-48(34-26-24-30-12-1-3-14-32(30)28-34,35-27-25-31-13-2-4-15-33(31)29-35)42-22-11-21-41-44(42)46-45(38-18-7-10-23-43(38)50-46)47(41)39-19-8-5-16-36(39)37-17-6-9-20-40(37)47/h1-29H. The highest BCUT2D eigenvalue weighted by Crippen LogP contribution is 2.68. The molecule has 0 saturated heterocycles. The van der Waals surface area contributed by atoms with Crippen LogP contribution in [0.2, 0.25) is 0 Å². The third-order valence-corrected chi connectivity index (χ3v) is 12.3. The molecule has 0 N–H and O–H groups in total. The third-order valence-electron chi connectivity index (χ3n) is 11.1. The minimum Gasteiger partial charge on any atom is -0.616 e. The Bertz CT molecular complexity index is 2740. The van der Waals surface area contributed by atoms with E-state index in [2.05, 4.69) is 152 Å². The summed E-state index contributed by atoms with van der Waals surface area (Å²) in [5, 5.41) is 22.2. The van der Waals surface area contributed by atoms with E-state index in [-0.39, 0.29) is 0 Å². The molecular weight excluding hydrogens is 627 g/mol. The predicted octanol–water partition coefficient (Wildman–Crippen LogP) is 13.0. The second-order valence-corrected chi connectivity index (χ2v) is 14.6. The normalized spacial score (nSPS) is 13.9. The molecule has 0 fully saturated rings. The zero-order valence-electron chi connectivity index (χ0n) is 27.0. The van der Waals surface area contributed by atoms with E-state index in [0.717, 1.165) is 32.8 Å². The summed E-state index contributed by atoms with van der Waals surface area (Å²) in [5.74, 6) is 0. The highest BCUT2D eigenvalue weighted by atomic mass is 32.1. The van der Waals surface area contributed by atoms with Gasteiger partial charge in [0.25, 0.3) is 0 Å². The zero-order chi connectivity index (χ0) is 33.0. The van der Waals surface area contributed by atoms with Crippen molar-refractivity contribution >= 4 is 60.0 Å². The smallest absolute Gasteiger partial charge is 0.152 e. The Labute approximate surface area is 293 Å². The van der Waals surface area contributed by atoms with Gasteiger partial charge in [-0.15, -0.1) is 11.3 Å². The molecule has 0 bridgehead atoms. The Morgan fingerprint density at radius 2 is 0.980 bits per heavy atom. The van der Waals surface area contributed by atoms with E-state index in [1.54, 1.807) is 0 Å². The summed E-state index contributed by atoms with van der Waals surface area (Å²) in [6.07, 6.45) is 0. The molecular formula is C47H29NOS. The summed E-state index contributed by atoms with van der Waals surface area (Å²) in [4.78, 5) is 1.18. The lowest BCUT2D eigenvalue weighted by atomic mass is 9.70. The van der Waals surface area contributed by atoms with Gasteiger partial charge in [-0.3, -0.25) is 4.65 Å². The van der Waals surface area contributed by atoms with Gasteiger partial charge in [0.05, 0.1) is 11.0 Å². The predicted molar refractivity (Wildman–Crippen MR) is 210 cm³/mol. The molecule has 9 aromatic rings. The molecule has 0 atom stereocenters. The van der Waals surface area contributed by atoms with Crippen LogP contribution in [0.3, 0.4) is 0 Å². The van der Waals surface area contributed by atoms with E-state index in [1.165, 1.54) is 48.3 Å². The summed E-state index contributed by atoms with van der Waals surface area (Å²) < 4.78 is 0.519. The Balaban J connectivity index is 1.30. The second-order valence-electron chi connectivity index (χ2n) is 13.5. The van der Waals surface area contributed by atoms with E-state index in [9.17, 15) is 0 Å². The van der Waals surface area contributed by atoms with Crippen molar-refractivity contribution in [2.45, 2.75) is 5.41 Å². The molecule has 0 unspecified atom stereocenters. The Morgan fingerprint density at radius 1 is 0.460 bits per heavy atom. The molecule has 2 aliphatic carbocycles. The number of thiophene rings is 1. The van der Waals surface area contributed by atoms with Crippen LogP contribution in [0.25, 0.3) is 53.2 Å². The average Bonchev–Trinajstić information content (AvgIpc) is 3.81. The van der Waals surface area contributed by atoms with Crippen molar-refractivity contribution in [2.75, 3.05) is 0 Å². The fraction of sp³-hybridized carbons (Fsp3) is 0.0213. The molecule has 1 aromatic heterocycles. The maximum Gasteiger partial charge on any atom is 0.152 e. The van der Waals surface area contributed by atoms with E-state index in [0.29, 0.717) is 11.4 Å². The quantitative estimate of drug-likeness (QED) is 0.137. The molecule has 0 aliphatic heterocycles. The molecule has 1 spiro atoms. The lowest BCUT2D eigenvalue weighted by molar-refractivity contribution is 0.694. The highest BCUT2D eigenvalue weighted by Gasteiger charge is 2.55. The fourth-order valence-electron chi connectivity index (χ4n) is 9.05. The first-order chi connectivity index (χ1) is 24.7. The number of nitrogens with zero attached hydrogens (tertiary/aromatic N) is 1. The summed E-state index contributed by atoms with van der Waals surface area (Å²) in [6.45, 7) is 0. The number of quaternary nitrogens is 1. The van der Waals surface area contributed by atoms with Gasteiger partial charge in [0.2, 0.25) is 0 Å². The van der Waals surface area contributed by atoms with Gasteiger partial charge in [-0.1, -0.05) is 127 Å². The van der Waals surface area contributed by atoms with Gasteiger partial charge < -0.3 is 5.21 Å². The molecule has 2 nitrogen and oxygen atoms in total. The molecule has 234 valence electrons. The van der Waals surface area contributed by atoms with Gasteiger partial charge in [-0.2, -0.15) is 0 Å². The molecule has 0 radical (unpaired) electrons. The molecule has 1 heterocycles. The van der Waals surface area contributed by atoms with E-state index in [1.807, 2.05) is 35.6 Å². The molecule has 8 aromatic carbocycles. The SMILES string of the molecule is [O-][N+](c1ccc2ccccc2c1)(c1ccc2ccccc2c1)c1cccc2c1-c1sc3ccccc3c1C21c2ccccc2-c2ccccc21. The van der Waals surface area contributed by atoms with Crippen LogP contribution in [0, 0.1) is 5.21 Å². The first kappa shape index (κ1) is 28.0. The molecule has 2 aliphatic rings. The third kappa shape index (κ3) is 3.49. The maximum absolute atomic E-state index is 16.6. The van der Waals surface area contributed by atoms with Crippen LogP contribution < -0.4 is 4.65 Å². The molecule has 3 heteroatoms. The second kappa shape index (κ2) is 10.1. The average molecular weight is 656 g/mol. The van der Waals surface area contributed by atoms with Gasteiger partial charge in [0.1, 0.15) is 11.4 Å². The van der Waals surface area contributed by atoms with Crippen LogP contribution in [0.15, 0.2) is 176 Å². The van der Waals surface area contributed by atoms with Crippen LogP contribution in [0.4, 0.5) is 17.1 Å². The van der Waals surface area contributed by atoms with Crippen molar-refractivity contribution in [2.24, 2.45) is 0 Å². The summed E-state index contributed by atoms with van der Waals surface area (Å²) in [6, 6.07) is 62.0. The molecule has 11 rings (SSSR count). The van der Waals surface area contributed by atoms with Crippen molar-refractivity contribution in [3.63, 3.8) is 0 Å². The van der Waals surface area contributed by atoms with Crippen LogP contribution in [0.1, 0.15) is 22.3 Å². The van der Waals surface area contributed by atoms with Crippen molar-refractivity contribution in [1.29, 1.82) is 0 Å². The van der Waals surface area contributed by atoms with Crippen molar-refractivity contribution < 1.29 is 0 Å². The minimum absolute atomic E-state index is 0.551. The van der Waals surface area contributed by atoms with Gasteiger partial charge in [0, 0.05) is 39.9 Å². The highest BCUT2D eigenvalue weighted by molar-refractivity contribution is 7.22. The minimum atomic E-state index is -0.716. The first-order valence-electron chi connectivity index (χ1n) is 17.1. The van der Waals surface area contributed by atoms with Crippen molar-refractivity contribution in [3.05, 3.63) is 203 Å². The maximum atomic E-state index is 16.6.